The zero-order valence-corrected chi connectivity index (χ0v) is 8.21. The number of nitrogens with zero attached hydrogens (tertiary/aromatic N) is 1. The normalized spacial score (nSPS) is 18.5. The summed E-state index contributed by atoms with van der Waals surface area (Å²) in [4.78, 5) is 22.9. The zero-order valence-electron chi connectivity index (χ0n) is 7.46. The van der Waals surface area contributed by atoms with Crippen molar-refractivity contribution < 1.29 is 14.3 Å². The van der Waals surface area contributed by atoms with Gasteiger partial charge in [-0.2, -0.15) is 0 Å². The van der Waals surface area contributed by atoms with E-state index < -0.39 is 5.37 Å². The molecule has 0 N–H and O–H groups in total. The number of halogens is 1. The standard InChI is InChI=1S/C8H12ClNO3/c1-6(11)13-7-2-4-10(5-3-7)8(9)12/h7H,2-5H2,1H3. The summed E-state index contributed by atoms with van der Waals surface area (Å²) in [5, 5.41) is -0.429. The number of hydrogen-bond acceptors (Lipinski definition) is 3. The van der Waals surface area contributed by atoms with Crippen LogP contribution in [0.3, 0.4) is 0 Å². The van der Waals surface area contributed by atoms with E-state index in [-0.39, 0.29) is 12.1 Å². The molecule has 0 spiro atoms. The van der Waals surface area contributed by atoms with E-state index in [1.807, 2.05) is 0 Å². The lowest BCUT2D eigenvalue weighted by Gasteiger charge is -2.29. The Bertz CT molecular complexity index is 211. The lowest BCUT2D eigenvalue weighted by atomic mass is 10.1. The van der Waals surface area contributed by atoms with Crippen molar-refractivity contribution in [2.24, 2.45) is 0 Å². The number of carbonyl (C=O) groups is 2. The highest BCUT2D eigenvalue weighted by Crippen LogP contribution is 2.14. The van der Waals surface area contributed by atoms with E-state index in [9.17, 15) is 9.59 Å². The van der Waals surface area contributed by atoms with Crippen molar-refractivity contribution >= 4 is 22.9 Å². The van der Waals surface area contributed by atoms with Crippen LogP contribution in [0.1, 0.15) is 19.8 Å². The highest BCUT2D eigenvalue weighted by molar-refractivity contribution is 6.62. The molecule has 13 heavy (non-hydrogen) atoms. The van der Waals surface area contributed by atoms with Crippen molar-refractivity contribution in [3.8, 4) is 0 Å². The first-order chi connectivity index (χ1) is 6.09. The molecule has 1 rings (SSSR count). The van der Waals surface area contributed by atoms with Crippen LogP contribution < -0.4 is 0 Å². The Morgan fingerprint density at radius 2 is 1.92 bits per heavy atom. The van der Waals surface area contributed by atoms with Crippen molar-refractivity contribution in [1.29, 1.82) is 0 Å². The van der Waals surface area contributed by atoms with Gasteiger partial charge in [0, 0.05) is 32.9 Å². The molecule has 0 aromatic carbocycles. The second kappa shape index (κ2) is 4.46. The lowest BCUT2D eigenvalue weighted by molar-refractivity contribution is -0.148. The van der Waals surface area contributed by atoms with Crippen LogP contribution in [0.2, 0.25) is 0 Å². The maximum atomic E-state index is 10.7. The predicted molar refractivity (Wildman–Crippen MR) is 47.6 cm³/mol. The molecule has 0 radical (unpaired) electrons. The van der Waals surface area contributed by atoms with Gasteiger partial charge in [0.1, 0.15) is 6.10 Å². The molecule has 74 valence electrons. The van der Waals surface area contributed by atoms with Gasteiger partial charge in [0.15, 0.2) is 0 Å². The summed E-state index contributed by atoms with van der Waals surface area (Å²) in [7, 11) is 0. The third kappa shape index (κ3) is 3.22. The first-order valence-electron chi connectivity index (χ1n) is 4.21. The lowest BCUT2D eigenvalue weighted by Crippen LogP contribution is -2.38. The first-order valence-corrected chi connectivity index (χ1v) is 4.59. The Labute approximate surface area is 81.8 Å². The van der Waals surface area contributed by atoms with Crippen LogP contribution in [-0.2, 0) is 9.53 Å². The fourth-order valence-electron chi connectivity index (χ4n) is 1.38. The molecule has 1 saturated heterocycles. The van der Waals surface area contributed by atoms with Gasteiger partial charge in [0.25, 0.3) is 0 Å². The number of amides is 1. The average molecular weight is 206 g/mol. The molecule has 5 heteroatoms. The predicted octanol–water partition coefficient (Wildman–Crippen LogP) is 1.37. The van der Waals surface area contributed by atoms with Crippen molar-refractivity contribution in [1.82, 2.24) is 4.90 Å². The van der Waals surface area contributed by atoms with Gasteiger partial charge in [-0.1, -0.05) is 0 Å². The highest BCUT2D eigenvalue weighted by atomic mass is 35.5. The van der Waals surface area contributed by atoms with Crippen LogP contribution in [0.4, 0.5) is 4.79 Å². The van der Waals surface area contributed by atoms with Crippen LogP contribution in [0.25, 0.3) is 0 Å². The zero-order chi connectivity index (χ0) is 9.84. The van der Waals surface area contributed by atoms with E-state index in [2.05, 4.69) is 0 Å². The van der Waals surface area contributed by atoms with Gasteiger partial charge in [-0.25, -0.2) is 0 Å². The summed E-state index contributed by atoms with van der Waals surface area (Å²) < 4.78 is 5.00. The summed E-state index contributed by atoms with van der Waals surface area (Å²) in [6, 6.07) is 0. The van der Waals surface area contributed by atoms with Crippen LogP contribution in [0.5, 0.6) is 0 Å². The van der Waals surface area contributed by atoms with Gasteiger partial charge >= 0.3 is 11.3 Å². The minimum Gasteiger partial charge on any atom is -0.462 e. The average Bonchev–Trinajstić information content (AvgIpc) is 2.04. The first kappa shape index (κ1) is 10.3. The summed E-state index contributed by atoms with van der Waals surface area (Å²) in [6.45, 7) is 2.53. The number of likely N-dealkylation sites (tertiary alicyclic amines) is 1. The van der Waals surface area contributed by atoms with E-state index in [0.29, 0.717) is 25.9 Å². The molecule has 0 aromatic heterocycles. The minimum atomic E-state index is -0.429. The summed E-state index contributed by atoms with van der Waals surface area (Å²) in [5.74, 6) is -0.268. The number of piperidine rings is 1. The molecule has 4 nitrogen and oxygen atoms in total. The van der Waals surface area contributed by atoms with Gasteiger partial charge in [-0.15, -0.1) is 0 Å². The highest BCUT2D eigenvalue weighted by Gasteiger charge is 2.23. The van der Waals surface area contributed by atoms with Gasteiger partial charge < -0.3 is 9.64 Å². The summed E-state index contributed by atoms with van der Waals surface area (Å²) in [5.41, 5.74) is 0. The second-order valence-electron chi connectivity index (χ2n) is 3.05. The third-order valence-electron chi connectivity index (χ3n) is 2.02. The molecule has 0 saturated carbocycles. The molecule has 1 amide bonds. The minimum absolute atomic E-state index is 0.0511. The molecule has 1 heterocycles. The smallest absolute Gasteiger partial charge is 0.316 e. The molecule has 1 fully saturated rings. The molecular formula is C8H12ClNO3. The Balaban J connectivity index is 2.30. The number of esters is 1. The Morgan fingerprint density at radius 1 is 1.38 bits per heavy atom. The molecule has 0 aromatic rings. The van der Waals surface area contributed by atoms with Crippen LogP contribution in [0, 0.1) is 0 Å². The fraction of sp³-hybridized carbons (Fsp3) is 0.750. The van der Waals surface area contributed by atoms with Crippen molar-refractivity contribution in [2.75, 3.05) is 13.1 Å². The van der Waals surface area contributed by atoms with Crippen LogP contribution in [0.15, 0.2) is 0 Å². The molecule has 1 aliphatic rings. The number of rotatable bonds is 1. The molecule has 0 aliphatic carbocycles. The third-order valence-corrected chi connectivity index (χ3v) is 2.26. The molecule has 0 bridgehead atoms. The van der Waals surface area contributed by atoms with Crippen LogP contribution >= 0.6 is 11.6 Å². The number of hydrogen-bond donors (Lipinski definition) is 0. The molecular weight excluding hydrogens is 194 g/mol. The van der Waals surface area contributed by atoms with E-state index in [1.165, 1.54) is 6.92 Å². The van der Waals surface area contributed by atoms with Crippen molar-refractivity contribution in [3.05, 3.63) is 0 Å². The maximum Gasteiger partial charge on any atom is 0.316 e. The van der Waals surface area contributed by atoms with Gasteiger partial charge in [-0.3, -0.25) is 9.59 Å². The summed E-state index contributed by atoms with van der Waals surface area (Å²) in [6.07, 6.45) is 1.31. The van der Waals surface area contributed by atoms with Crippen molar-refractivity contribution in [3.63, 3.8) is 0 Å². The monoisotopic (exact) mass is 205 g/mol. The Morgan fingerprint density at radius 3 is 2.31 bits per heavy atom. The van der Waals surface area contributed by atoms with Crippen LogP contribution in [-0.4, -0.2) is 35.4 Å². The topological polar surface area (TPSA) is 46.6 Å². The largest absolute Gasteiger partial charge is 0.462 e. The Hall–Kier alpha value is -0.770. The summed E-state index contributed by atoms with van der Waals surface area (Å²) >= 11 is 5.29. The number of carbonyl (C=O) groups excluding carboxylic acids is 2. The molecule has 0 unspecified atom stereocenters. The second-order valence-corrected chi connectivity index (χ2v) is 3.37. The SMILES string of the molecule is CC(=O)OC1CCN(C(=O)Cl)CC1. The van der Waals surface area contributed by atoms with E-state index in [0.717, 1.165) is 0 Å². The number of ether oxygens (including phenoxy) is 1. The Kier molecular flexibility index (Phi) is 3.54. The molecule has 0 atom stereocenters. The van der Waals surface area contributed by atoms with E-state index >= 15 is 0 Å². The van der Waals surface area contributed by atoms with Gasteiger partial charge in [0.05, 0.1) is 0 Å². The maximum absolute atomic E-state index is 10.7. The van der Waals surface area contributed by atoms with E-state index in [1.54, 1.807) is 4.90 Å². The molecule has 1 aliphatic heterocycles. The fourth-order valence-corrected chi connectivity index (χ4v) is 1.55. The quantitative estimate of drug-likeness (QED) is 0.369. The van der Waals surface area contributed by atoms with Crippen molar-refractivity contribution in [2.45, 2.75) is 25.9 Å². The van der Waals surface area contributed by atoms with Gasteiger partial charge in [-0.05, 0) is 11.6 Å². The van der Waals surface area contributed by atoms with Gasteiger partial charge in [0.2, 0.25) is 0 Å². The van der Waals surface area contributed by atoms with E-state index in [4.69, 9.17) is 16.3 Å².